The standard InChI is InChI=1S/C25H28F2N4O2.C24H27F2N5O2/c1-29-25(32)16-4-5-21-19(11-16)23(14-31(21)17-6-9-33-10-7-17)30-8-2-3-15-12-20(28)18(24(26)27)13-22(15)30;1-28-24(32)18-4-5-19-22(29-18)21(13-31(19)15-6-9-33-10-7-15)30-8-2-3-14-11-17(27)16(23(25)26)12-20(14)30/h4-5,11-14,17,24H,2-3,6-10,28H2,1H3,(H,29,32);4-5,11-13,15,23H,2-3,6-10,27H2,1H3,(H,28,32). The lowest BCUT2D eigenvalue weighted by Gasteiger charge is -2.32. The van der Waals surface area contributed by atoms with Crippen molar-refractivity contribution < 1.29 is 36.6 Å². The molecule has 0 aliphatic carbocycles. The largest absolute Gasteiger partial charge is 0.398 e. The predicted molar refractivity (Wildman–Crippen MR) is 249 cm³/mol. The number of rotatable bonds is 8. The van der Waals surface area contributed by atoms with Crippen LogP contribution in [0.2, 0.25) is 0 Å². The minimum atomic E-state index is -2.65. The van der Waals surface area contributed by atoms with Gasteiger partial charge in [-0.25, -0.2) is 22.5 Å². The molecule has 0 unspecified atom stereocenters. The van der Waals surface area contributed by atoms with Gasteiger partial charge in [-0.15, -0.1) is 0 Å². The molecule has 10 rings (SSSR count). The lowest BCUT2D eigenvalue weighted by Crippen LogP contribution is -2.25. The van der Waals surface area contributed by atoms with Crippen LogP contribution in [0.3, 0.4) is 0 Å². The third kappa shape index (κ3) is 8.49. The Bertz CT molecular complexity index is 2590. The number of pyridine rings is 1. The molecule has 17 heteroatoms. The first-order chi connectivity index (χ1) is 31.9. The van der Waals surface area contributed by atoms with Gasteiger partial charge in [0.2, 0.25) is 0 Å². The maximum atomic E-state index is 13.6. The average molecular weight is 910 g/mol. The Morgan fingerprint density at radius 2 is 1.15 bits per heavy atom. The Hall–Kier alpha value is -6.33. The van der Waals surface area contributed by atoms with Crippen LogP contribution in [0.15, 0.2) is 67.0 Å². The number of benzene rings is 3. The molecule has 3 aromatic carbocycles. The molecule has 0 radical (unpaired) electrons. The van der Waals surface area contributed by atoms with Crippen LogP contribution in [0.5, 0.6) is 0 Å². The minimum Gasteiger partial charge on any atom is -0.398 e. The molecule has 0 spiro atoms. The number of hydrogen-bond donors (Lipinski definition) is 4. The number of carbonyl (C=O) groups is 2. The number of ether oxygens (including phenoxy) is 2. The second kappa shape index (κ2) is 18.9. The van der Waals surface area contributed by atoms with Crippen molar-refractivity contribution in [1.82, 2.24) is 24.8 Å². The first kappa shape index (κ1) is 44.9. The van der Waals surface area contributed by atoms with E-state index in [0.717, 1.165) is 102 Å². The quantitative estimate of drug-likeness (QED) is 0.0863. The van der Waals surface area contributed by atoms with Gasteiger partial charge in [0.05, 0.1) is 22.4 Å². The van der Waals surface area contributed by atoms with Gasteiger partial charge in [0.15, 0.2) is 0 Å². The van der Waals surface area contributed by atoms with Gasteiger partial charge in [-0.1, -0.05) is 0 Å². The molecule has 13 nitrogen and oxygen atoms in total. The van der Waals surface area contributed by atoms with Crippen molar-refractivity contribution in [2.75, 3.05) is 74.9 Å². The lowest BCUT2D eigenvalue weighted by molar-refractivity contribution is 0.0706. The van der Waals surface area contributed by atoms with Crippen molar-refractivity contribution in [3.8, 4) is 0 Å². The highest BCUT2D eigenvalue weighted by molar-refractivity contribution is 6.03. The minimum absolute atomic E-state index is 0.121. The smallest absolute Gasteiger partial charge is 0.269 e. The zero-order chi connectivity index (χ0) is 46.2. The average Bonchev–Trinajstić information content (AvgIpc) is 3.91. The predicted octanol–water partition coefficient (Wildman–Crippen LogP) is 9.31. The Balaban J connectivity index is 0.000000166. The van der Waals surface area contributed by atoms with Crippen LogP contribution in [0.1, 0.15) is 107 Å². The van der Waals surface area contributed by atoms with Crippen molar-refractivity contribution in [3.05, 3.63) is 101 Å². The summed E-state index contributed by atoms with van der Waals surface area (Å²) in [6, 6.07) is 16.3. The van der Waals surface area contributed by atoms with E-state index in [1.807, 2.05) is 29.2 Å². The zero-order valence-corrected chi connectivity index (χ0v) is 37.1. The fourth-order valence-electron chi connectivity index (χ4n) is 10.0. The van der Waals surface area contributed by atoms with E-state index in [1.54, 1.807) is 32.3 Å². The molecule has 3 aromatic heterocycles. The van der Waals surface area contributed by atoms with Crippen LogP contribution in [0, 0.1) is 0 Å². The van der Waals surface area contributed by atoms with E-state index < -0.39 is 12.9 Å². The molecule has 6 N–H and O–H groups in total. The number of hydrogen-bond acceptors (Lipinski definition) is 9. The van der Waals surface area contributed by atoms with Crippen LogP contribution in [0.4, 0.5) is 51.7 Å². The molecule has 2 amide bonds. The highest BCUT2D eigenvalue weighted by Crippen LogP contribution is 2.45. The zero-order valence-electron chi connectivity index (χ0n) is 37.1. The maximum Gasteiger partial charge on any atom is 0.269 e. The monoisotopic (exact) mass is 909 g/mol. The van der Waals surface area contributed by atoms with E-state index in [4.69, 9.17) is 25.9 Å². The Kier molecular flexibility index (Phi) is 12.8. The molecule has 0 saturated carbocycles. The van der Waals surface area contributed by atoms with Gasteiger partial charge in [-0.05, 0) is 117 Å². The van der Waals surface area contributed by atoms with Crippen molar-refractivity contribution in [3.63, 3.8) is 0 Å². The van der Waals surface area contributed by atoms with Gasteiger partial charge in [0.25, 0.3) is 24.7 Å². The third-order valence-corrected chi connectivity index (χ3v) is 13.4. The van der Waals surface area contributed by atoms with Gasteiger partial charge in [-0.3, -0.25) is 9.59 Å². The second-order valence-electron chi connectivity index (χ2n) is 17.3. The van der Waals surface area contributed by atoms with E-state index in [-0.39, 0.29) is 46.4 Å². The number of nitrogens with two attached hydrogens (primary N) is 2. The summed E-state index contributed by atoms with van der Waals surface area (Å²) in [7, 11) is 3.18. The molecule has 0 bridgehead atoms. The van der Waals surface area contributed by atoms with Crippen LogP contribution in [-0.4, -0.2) is 79.5 Å². The number of nitrogens with zero attached hydrogens (tertiary/aromatic N) is 5. The normalized spacial score (nSPS) is 16.9. The maximum absolute atomic E-state index is 13.6. The van der Waals surface area contributed by atoms with Crippen molar-refractivity contribution in [2.45, 2.75) is 76.3 Å². The number of nitrogen functional groups attached to an aromatic ring is 2. The highest BCUT2D eigenvalue weighted by Gasteiger charge is 2.30. The van der Waals surface area contributed by atoms with Gasteiger partial charge >= 0.3 is 0 Å². The lowest BCUT2D eigenvalue weighted by atomic mass is 9.97. The van der Waals surface area contributed by atoms with Crippen molar-refractivity contribution in [2.24, 2.45) is 0 Å². The van der Waals surface area contributed by atoms with Crippen molar-refractivity contribution >= 4 is 67.9 Å². The summed E-state index contributed by atoms with van der Waals surface area (Å²) in [6.07, 6.45) is 5.76. The summed E-state index contributed by atoms with van der Waals surface area (Å²) < 4.78 is 70.1. The fourth-order valence-corrected chi connectivity index (χ4v) is 10.0. The number of fused-ring (bicyclic) bond motifs is 4. The van der Waals surface area contributed by atoms with E-state index in [0.29, 0.717) is 56.3 Å². The van der Waals surface area contributed by atoms with Gasteiger partial charge in [0, 0.05) is 123 Å². The molecule has 7 heterocycles. The number of halogens is 4. The number of aryl methyl sites for hydroxylation is 2. The first-order valence-corrected chi connectivity index (χ1v) is 22.7. The molecular formula is C49H55F4N9O4. The molecule has 4 aliphatic heterocycles. The molecular weight excluding hydrogens is 855 g/mol. The van der Waals surface area contributed by atoms with E-state index in [1.165, 1.54) is 12.1 Å². The van der Waals surface area contributed by atoms with Gasteiger partial charge in [0.1, 0.15) is 11.2 Å². The summed E-state index contributed by atoms with van der Waals surface area (Å²) >= 11 is 0. The number of alkyl halides is 4. The molecule has 0 atom stereocenters. The summed E-state index contributed by atoms with van der Waals surface area (Å²) in [5.74, 6) is -0.429. The number of nitrogens with one attached hydrogen (secondary N) is 2. The van der Waals surface area contributed by atoms with Crippen LogP contribution >= 0.6 is 0 Å². The van der Waals surface area contributed by atoms with E-state index in [9.17, 15) is 27.2 Å². The first-order valence-electron chi connectivity index (χ1n) is 22.7. The Labute approximate surface area is 380 Å². The van der Waals surface area contributed by atoms with Crippen LogP contribution in [-0.2, 0) is 22.3 Å². The third-order valence-electron chi connectivity index (χ3n) is 13.4. The number of carbonyl (C=O) groups excluding carboxylic acids is 2. The van der Waals surface area contributed by atoms with E-state index >= 15 is 0 Å². The van der Waals surface area contributed by atoms with Crippen LogP contribution in [0.25, 0.3) is 21.9 Å². The molecule has 348 valence electrons. The van der Waals surface area contributed by atoms with Crippen molar-refractivity contribution in [1.29, 1.82) is 0 Å². The molecule has 6 aromatic rings. The van der Waals surface area contributed by atoms with Crippen LogP contribution < -0.4 is 31.9 Å². The summed E-state index contributed by atoms with van der Waals surface area (Å²) in [5, 5.41) is 6.24. The summed E-state index contributed by atoms with van der Waals surface area (Å²) in [5.41, 5.74) is 20.5. The number of aromatic nitrogens is 3. The number of anilines is 6. The SMILES string of the molecule is CNC(=O)c1ccc2c(c1)c(N1CCCc3cc(N)c(C(F)F)cc31)cn2C1CCOCC1.CNC(=O)c1ccc2c(n1)c(N1CCCc3cc(N)c(C(F)F)cc31)cn2C1CCOCC1. The topological polar surface area (TPSA) is 158 Å². The van der Waals surface area contributed by atoms with E-state index in [2.05, 4.69) is 37.1 Å². The fraction of sp³-hybridized carbons (Fsp3) is 0.408. The summed E-state index contributed by atoms with van der Waals surface area (Å²) in [4.78, 5) is 33.5. The van der Waals surface area contributed by atoms with Gasteiger partial charge < -0.3 is 50.5 Å². The number of amides is 2. The van der Waals surface area contributed by atoms with Gasteiger partial charge in [-0.2, -0.15) is 0 Å². The highest BCUT2D eigenvalue weighted by atomic mass is 19.3. The molecule has 66 heavy (non-hydrogen) atoms. The molecule has 4 aliphatic rings. The molecule has 2 saturated heterocycles. The second-order valence-corrected chi connectivity index (χ2v) is 17.3. The Morgan fingerprint density at radius 3 is 1.68 bits per heavy atom. The summed E-state index contributed by atoms with van der Waals surface area (Å²) in [6.45, 7) is 4.16. The molecule has 2 fully saturated rings. The Morgan fingerprint density at radius 1 is 0.652 bits per heavy atom.